The van der Waals surface area contributed by atoms with Gasteiger partial charge in [-0.1, -0.05) is 0 Å². The van der Waals surface area contributed by atoms with E-state index >= 15 is 0 Å². The van der Waals surface area contributed by atoms with Crippen molar-refractivity contribution in [2.45, 2.75) is 0 Å². The summed E-state index contributed by atoms with van der Waals surface area (Å²) in [6.07, 6.45) is 0. The molecule has 1 radical (unpaired) electrons. The van der Waals surface area contributed by atoms with Crippen molar-refractivity contribution in [2.24, 2.45) is 4.99 Å². The van der Waals surface area contributed by atoms with Crippen molar-refractivity contribution in [3.05, 3.63) is 35.4 Å². The van der Waals surface area contributed by atoms with Gasteiger partial charge in [0.25, 0.3) is 0 Å². The summed E-state index contributed by atoms with van der Waals surface area (Å²) in [5.41, 5.74) is 1.61. The second-order valence-electron chi connectivity index (χ2n) is 2.27. The maximum atomic E-state index is 11.1. The second kappa shape index (κ2) is 2.29. The topological polar surface area (TPSA) is 29.4 Å². The van der Waals surface area contributed by atoms with Crippen molar-refractivity contribution in [1.82, 2.24) is 0 Å². The number of amides is 1. The van der Waals surface area contributed by atoms with Crippen molar-refractivity contribution in [1.29, 1.82) is 0 Å². The molecule has 3 heteroatoms. The molecule has 1 aliphatic rings. The van der Waals surface area contributed by atoms with Gasteiger partial charge in [-0.3, -0.25) is 0 Å². The molecule has 1 aromatic rings. The zero-order valence-corrected chi connectivity index (χ0v) is 7.29. The molecule has 53 valence electrons. The van der Waals surface area contributed by atoms with Gasteiger partial charge in [0.05, 0.1) is 0 Å². The fourth-order valence-corrected chi connectivity index (χ4v) is 1.62. The van der Waals surface area contributed by atoms with Crippen molar-refractivity contribution < 1.29 is 4.79 Å². The predicted octanol–water partition coefficient (Wildman–Crippen LogP) is 0.755. The molecule has 1 aliphatic heterocycles. The molecule has 1 aromatic carbocycles. The molecule has 0 saturated carbocycles. The third-order valence-electron chi connectivity index (χ3n) is 1.59. The Balaban J connectivity index is 2.71. The van der Waals surface area contributed by atoms with Crippen LogP contribution < -0.4 is 0 Å². The molecule has 0 bridgehead atoms. The zero-order valence-electron chi connectivity index (χ0n) is 5.57. The Hall–Kier alpha value is -0.921. The van der Waals surface area contributed by atoms with Crippen LogP contribution in [0.2, 0.25) is 0 Å². The summed E-state index contributed by atoms with van der Waals surface area (Å²) < 4.78 is 0.700. The summed E-state index contributed by atoms with van der Waals surface area (Å²) in [4.78, 5) is 14.8. The van der Waals surface area contributed by atoms with Gasteiger partial charge in [-0.15, -0.1) is 0 Å². The zero-order chi connectivity index (χ0) is 7.84. The number of carbonyl (C=O) groups excluding carboxylic acids is 1. The van der Waals surface area contributed by atoms with Gasteiger partial charge in [0.2, 0.25) is 0 Å². The van der Waals surface area contributed by atoms with Crippen LogP contribution in [0.4, 0.5) is 0 Å². The first kappa shape index (κ1) is 6.77. The van der Waals surface area contributed by atoms with E-state index in [1.807, 2.05) is 18.2 Å². The van der Waals surface area contributed by atoms with Crippen molar-refractivity contribution in [2.75, 3.05) is 0 Å². The van der Waals surface area contributed by atoms with E-state index in [0.717, 1.165) is 5.56 Å². The SMILES string of the molecule is O=C1N=C([Se])c2ccccc21. The van der Waals surface area contributed by atoms with Crippen molar-refractivity contribution in [3.8, 4) is 0 Å². The number of fused-ring (bicyclic) bond motifs is 1. The van der Waals surface area contributed by atoms with Gasteiger partial charge in [-0.05, 0) is 0 Å². The Kier molecular flexibility index (Phi) is 1.41. The summed E-state index contributed by atoms with van der Waals surface area (Å²) in [6.45, 7) is 0. The van der Waals surface area contributed by atoms with Crippen LogP contribution in [0.15, 0.2) is 29.3 Å². The molecule has 1 heterocycles. The average Bonchev–Trinajstić information content (AvgIpc) is 2.30. The van der Waals surface area contributed by atoms with Gasteiger partial charge in [-0.2, -0.15) is 0 Å². The minimum atomic E-state index is -0.144. The van der Waals surface area contributed by atoms with E-state index in [-0.39, 0.29) is 5.91 Å². The summed E-state index contributed by atoms with van der Waals surface area (Å²) in [7, 11) is 0. The van der Waals surface area contributed by atoms with Gasteiger partial charge in [0.1, 0.15) is 0 Å². The standard InChI is InChI=1S/C8H4NOSe/c10-7-5-3-1-2-4-6(5)8(11)9-7/h1-4H. The quantitative estimate of drug-likeness (QED) is 0.580. The third-order valence-corrected chi connectivity index (χ3v) is 2.24. The molecule has 0 N–H and O–H groups in total. The summed E-state index contributed by atoms with van der Waals surface area (Å²) in [6, 6.07) is 7.40. The van der Waals surface area contributed by atoms with Crippen LogP contribution in [-0.4, -0.2) is 26.5 Å². The normalized spacial score (nSPS) is 14.5. The number of benzene rings is 1. The first-order valence-electron chi connectivity index (χ1n) is 3.18. The minimum absolute atomic E-state index is 0.144. The number of hydrogen-bond acceptors (Lipinski definition) is 1. The van der Waals surface area contributed by atoms with Crippen LogP contribution in [0.5, 0.6) is 0 Å². The number of aliphatic imine (C=N–C) groups is 1. The Labute approximate surface area is 72.1 Å². The Bertz CT molecular complexity index is 357. The van der Waals surface area contributed by atoms with Crippen LogP contribution in [-0.2, 0) is 0 Å². The van der Waals surface area contributed by atoms with E-state index in [9.17, 15) is 4.79 Å². The monoisotopic (exact) mass is 210 g/mol. The van der Waals surface area contributed by atoms with E-state index in [2.05, 4.69) is 21.0 Å². The number of nitrogens with zero attached hydrogens (tertiary/aromatic N) is 1. The maximum absolute atomic E-state index is 11.1. The molecule has 0 fully saturated rings. The van der Waals surface area contributed by atoms with E-state index in [1.54, 1.807) is 6.07 Å². The Morgan fingerprint density at radius 3 is 2.45 bits per heavy atom. The molecular formula is C8H4NOSe. The van der Waals surface area contributed by atoms with E-state index in [1.165, 1.54) is 0 Å². The molecule has 0 aromatic heterocycles. The van der Waals surface area contributed by atoms with Crippen molar-refractivity contribution >= 4 is 26.5 Å². The first-order chi connectivity index (χ1) is 5.29. The molecule has 0 unspecified atom stereocenters. The second-order valence-corrected chi connectivity index (χ2v) is 3.08. The molecule has 11 heavy (non-hydrogen) atoms. The van der Waals surface area contributed by atoms with Crippen LogP contribution in [0, 0.1) is 0 Å². The van der Waals surface area contributed by atoms with E-state index in [0.29, 0.717) is 10.2 Å². The van der Waals surface area contributed by atoms with Crippen LogP contribution in [0.1, 0.15) is 15.9 Å². The number of hydrogen-bond donors (Lipinski definition) is 0. The predicted molar refractivity (Wildman–Crippen MR) is 43.1 cm³/mol. The molecule has 0 saturated heterocycles. The van der Waals surface area contributed by atoms with Gasteiger partial charge >= 0.3 is 71.7 Å². The number of rotatable bonds is 0. The van der Waals surface area contributed by atoms with E-state index in [4.69, 9.17) is 0 Å². The third kappa shape index (κ3) is 0.933. The molecule has 1 amide bonds. The van der Waals surface area contributed by atoms with Gasteiger partial charge in [-0.25, -0.2) is 0 Å². The molecule has 0 spiro atoms. The van der Waals surface area contributed by atoms with Crippen LogP contribution in [0.25, 0.3) is 0 Å². The molecule has 2 nitrogen and oxygen atoms in total. The van der Waals surface area contributed by atoms with Gasteiger partial charge in [0.15, 0.2) is 0 Å². The summed E-state index contributed by atoms with van der Waals surface area (Å²) in [5, 5.41) is 0. The van der Waals surface area contributed by atoms with Gasteiger partial charge in [0, 0.05) is 0 Å². The average molecular weight is 209 g/mol. The Morgan fingerprint density at radius 2 is 1.82 bits per heavy atom. The molecule has 2 rings (SSSR count). The fourth-order valence-electron chi connectivity index (χ4n) is 1.07. The van der Waals surface area contributed by atoms with Crippen LogP contribution >= 0.6 is 0 Å². The molecule has 0 aliphatic carbocycles. The first-order valence-corrected chi connectivity index (χ1v) is 4.04. The molecular weight excluding hydrogens is 205 g/mol. The van der Waals surface area contributed by atoms with Crippen molar-refractivity contribution in [3.63, 3.8) is 0 Å². The summed E-state index contributed by atoms with van der Waals surface area (Å²) in [5.74, 6) is -0.144. The van der Waals surface area contributed by atoms with Crippen LogP contribution in [0.3, 0.4) is 0 Å². The molecule has 0 atom stereocenters. The van der Waals surface area contributed by atoms with Gasteiger partial charge < -0.3 is 0 Å². The summed E-state index contributed by atoms with van der Waals surface area (Å²) >= 11 is 2.75. The Morgan fingerprint density at radius 1 is 1.18 bits per heavy atom. The number of carbonyl (C=O) groups is 1. The van der Waals surface area contributed by atoms with E-state index < -0.39 is 0 Å². The fraction of sp³-hybridized carbons (Fsp3) is 0.